The van der Waals surface area contributed by atoms with Gasteiger partial charge in [-0.15, -0.1) is 0 Å². The zero-order chi connectivity index (χ0) is 21.6. The van der Waals surface area contributed by atoms with Crippen LogP contribution in [0.2, 0.25) is 0 Å². The lowest BCUT2D eigenvalue weighted by Crippen LogP contribution is -2.33. The summed E-state index contributed by atoms with van der Waals surface area (Å²) in [6.07, 6.45) is 2.62. The van der Waals surface area contributed by atoms with E-state index >= 15 is 0 Å². The summed E-state index contributed by atoms with van der Waals surface area (Å²) in [7, 11) is 2.15. The molecule has 2 aromatic rings. The molecule has 0 radical (unpaired) electrons. The summed E-state index contributed by atoms with van der Waals surface area (Å²) >= 11 is 3.48. The van der Waals surface area contributed by atoms with E-state index in [1.807, 2.05) is 18.3 Å². The van der Waals surface area contributed by atoms with Crippen molar-refractivity contribution in [3.8, 4) is 0 Å². The van der Waals surface area contributed by atoms with Crippen LogP contribution in [0.1, 0.15) is 12.5 Å². The van der Waals surface area contributed by atoms with Crippen molar-refractivity contribution in [2.45, 2.75) is 13.5 Å². The Labute approximate surface area is 179 Å². The number of carbonyl (C=O) groups excluding carboxylic acids is 2. The fourth-order valence-corrected chi connectivity index (χ4v) is 2.48. The number of hydrogen-bond acceptors (Lipinski definition) is 7. The molecule has 0 atom stereocenters. The first-order chi connectivity index (χ1) is 13.8. The smallest absolute Gasteiger partial charge is 0.128 e. The molecule has 0 amide bonds. The predicted molar refractivity (Wildman–Crippen MR) is 112 cm³/mol. The van der Waals surface area contributed by atoms with Gasteiger partial charge in [-0.3, -0.25) is 0 Å². The highest BCUT2D eigenvalue weighted by atomic mass is 79.9. The molecule has 0 aliphatic carbocycles. The van der Waals surface area contributed by atoms with Gasteiger partial charge in [-0.2, -0.15) is 0 Å². The first-order valence-electron chi connectivity index (χ1n) is 9.00. The number of aliphatic carboxylic acids is 2. The number of anilines is 1. The summed E-state index contributed by atoms with van der Waals surface area (Å²) in [4.78, 5) is 28.0. The van der Waals surface area contributed by atoms with E-state index in [-0.39, 0.29) is 0 Å². The lowest BCUT2D eigenvalue weighted by molar-refractivity contribution is -0.301. The minimum absolute atomic E-state index is 0.384. The van der Waals surface area contributed by atoms with Gasteiger partial charge in [0.05, 0.1) is 11.9 Å². The monoisotopic (exact) mass is 461 g/mol. The number of likely N-dealkylation sites (N-methyl/N-ethyl adjacent to an activating group) is 1. The molecule has 0 spiro atoms. The maximum atomic E-state index is 9.41. The van der Waals surface area contributed by atoms with Gasteiger partial charge in [-0.25, -0.2) is 4.98 Å². The second-order valence-electron chi connectivity index (χ2n) is 6.10. The van der Waals surface area contributed by atoms with Gasteiger partial charge in [0.25, 0.3) is 0 Å². The van der Waals surface area contributed by atoms with Crippen LogP contribution in [0, 0.1) is 0 Å². The molecule has 0 unspecified atom stereocenters. The number of halogens is 1. The van der Waals surface area contributed by atoms with Gasteiger partial charge in [0.1, 0.15) is 5.82 Å². The minimum Gasteiger partial charge on any atom is -0.545 e. The Hall–Kier alpha value is -2.71. The van der Waals surface area contributed by atoms with Crippen molar-refractivity contribution in [1.82, 2.24) is 9.88 Å². The van der Waals surface area contributed by atoms with Gasteiger partial charge in [-0.05, 0) is 55.6 Å². The third-order valence-corrected chi connectivity index (χ3v) is 4.44. The molecule has 1 heterocycles. The van der Waals surface area contributed by atoms with Crippen LogP contribution in [-0.2, 0) is 16.1 Å². The summed E-state index contributed by atoms with van der Waals surface area (Å²) in [5.41, 5.74) is 1.29. The summed E-state index contributed by atoms with van der Waals surface area (Å²) < 4.78 is 1.11. The Morgan fingerprint density at radius 1 is 1.03 bits per heavy atom. The van der Waals surface area contributed by atoms with Crippen LogP contribution in [0.25, 0.3) is 0 Å². The number of pyridine rings is 1. The number of carbonyl (C=O) groups is 2. The van der Waals surface area contributed by atoms with E-state index in [0.717, 1.165) is 36.5 Å². The molecule has 0 saturated heterocycles. The van der Waals surface area contributed by atoms with Crippen molar-refractivity contribution in [1.29, 1.82) is 0 Å². The predicted octanol–water partition coefficient (Wildman–Crippen LogP) is 0.845. The standard InChI is InChI=1S/C17H22BrN3.C4H4O4/c1-3-20(2)12-13-21(17-6-4-5-11-19-17)14-15-7-9-16(18)10-8-15;5-3(6)1-2-4(7)8/h4-11H,3,12-14H2,1-2H3;1-2H,(H,5,6)(H,7,8)/p-2. The van der Waals surface area contributed by atoms with Gasteiger partial charge in [-0.1, -0.05) is 41.1 Å². The highest BCUT2D eigenvalue weighted by Gasteiger charge is 2.09. The largest absolute Gasteiger partial charge is 0.545 e. The first-order valence-corrected chi connectivity index (χ1v) is 9.80. The van der Waals surface area contributed by atoms with Crippen LogP contribution >= 0.6 is 15.9 Å². The Balaban J connectivity index is 0.000000447. The van der Waals surface area contributed by atoms with Gasteiger partial charge in [0, 0.05) is 30.3 Å². The highest BCUT2D eigenvalue weighted by Crippen LogP contribution is 2.16. The summed E-state index contributed by atoms with van der Waals surface area (Å²) in [6, 6.07) is 14.6. The summed E-state index contributed by atoms with van der Waals surface area (Å²) in [5, 5.41) is 18.8. The topological polar surface area (TPSA) is 99.6 Å². The average Bonchev–Trinajstić information content (AvgIpc) is 2.71. The van der Waals surface area contributed by atoms with Crippen molar-refractivity contribution in [3.63, 3.8) is 0 Å². The van der Waals surface area contributed by atoms with Crippen LogP contribution in [0.5, 0.6) is 0 Å². The molecule has 1 aromatic heterocycles. The molecule has 0 bridgehead atoms. The molecule has 0 saturated carbocycles. The number of benzene rings is 1. The molecule has 156 valence electrons. The Bertz CT molecular complexity index is 766. The fraction of sp³-hybridized carbons (Fsp3) is 0.286. The molecule has 0 N–H and O–H groups in total. The maximum absolute atomic E-state index is 9.41. The van der Waals surface area contributed by atoms with Crippen LogP contribution in [0.15, 0.2) is 65.3 Å². The number of carboxylic acid groups (broad SMARTS) is 2. The Morgan fingerprint density at radius 3 is 2.14 bits per heavy atom. The molecular formula is C21H24BrN3O4-2. The number of rotatable bonds is 9. The highest BCUT2D eigenvalue weighted by molar-refractivity contribution is 9.10. The van der Waals surface area contributed by atoms with Gasteiger partial charge in [0.2, 0.25) is 0 Å². The van der Waals surface area contributed by atoms with E-state index in [1.165, 1.54) is 5.56 Å². The second kappa shape index (κ2) is 13.5. The van der Waals surface area contributed by atoms with Crippen LogP contribution in [0.4, 0.5) is 5.82 Å². The molecule has 7 nitrogen and oxygen atoms in total. The molecule has 1 aromatic carbocycles. The lowest BCUT2D eigenvalue weighted by atomic mass is 10.2. The van der Waals surface area contributed by atoms with E-state index in [9.17, 15) is 19.8 Å². The lowest BCUT2D eigenvalue weighted by Gasteiger charge is -2.26. The van der Waals surface area contributed by atoms with Crippen LogP contribution in [-0.4, -0.2) is 48.5 Å². The van der Waals surface area contributed by atoms with Gasteiger partial charge in [0.15, 0.2) is 0 Å². The van der Waals surface area contributed by atoms with Crippen molar-refractivity contribution < 1.29 is 19.8 Å². The molecular weight excluding hydrogens is 438 g/mol. The zero-order valence-electron chi connectivity index (χ0n) is 16.5. The van der Waals surface area contributed by atoms with Crippen LogP contribution < -0.4 is 15.1 Å². The minimum atomic E-state index is -1.55. The van der Waals surface area contributed by atoms with E-state index in [1.54, 1.807) is 0 Å². The third kappa shape index (κ3) is 11.0. The molecule has 0 aliphatic rings. The molecule has 2 rings (SSSR count). The van der Waals surface area contributed by atoms with Gasteiger partial charge < -0.3 is 29.6 Å². The second-order valence-corrected chi connectivity index (χ2v) is 7.02. The number of carboxylic acids is 2. The third-order valence-electron chi connectivity index (χ3n) is 3.91. The molecule has 8 heteroatoms. The number of hydrogen-bond donors (Lipinski definition) is 0. The van der Waals surface area contributed by atoms with Crippen molar-refractivity contribution >= 4 is 33.7 Å². The molecule has 29 heavy (non-hydrogen) atoms. The Kier molecular flexibility index (Phi) is 11.3. The SMILES string of the molecule is CCN(C)CCN(Cc1ccc(Br)cc1)c1ccccn1.O=C([O-])C=CC(=O)[O-]. The number of aromatic nitrogens is 1. The number of nitrogens with zero attached hydrogens (tertiary/aromatic N) is 3. The summed E-state index contributed by atoms with van der Waals surface area (Å²) in [6.45, 7) is 6.12. The van der Waals surface area contributed by atoms with Crippen molar-refractivity contribution in [2.75, 3.05) is 31.6 Å². The first kappa shape index (κ1) is 24.3. The molecule has 0 aliphatic heterocycles. The fourth-order valence-electron chi connectivity index (χ4n) is 2.21. The summed E-state index contributed by atoms with van der Waals surface area (Å²) in [5.74, 6) is -2.06. The zero-order valence-corrected chi connectivity index (χ0v) is 18.0. The van der Waals surface area contributed by atoms with Gasteiger partial charge >= 0.3 is 0 Å². The van der Waals surface area contributed by atoms with E-state index < -0.39 is 11.9 Å². The quantitative estimate of drug-likeness (QED) is 0.510. The van der Waals surface area contributed by atoms with E-state index in [2.05, 4.69) is 75.0 Å². The molecule has 0 fully saturated rings. The maximum Gasteiger partial charge on any atom is 0.128 e. The Morgan fingerprint density at radius 2 is 1.66 bits per heavy atom. The van der Waals surface area contributed by atoms with E-state index in [4.69, 9.17) is 0 Å². The normalized spacial score (nSPS) is 10.5. The van der Waals surface area contributed by atoms with Crippen molar-refractivity contribution in [2.24, 2.45) is 0 Å². The average molecular weight is 462 g/mol. The van der Waals surface area contributed by atoms with E-state index in [0.29, 0.717) is 12.2 Å². The van der Waals surface area contributed by atoms with Crippen molar-refractivity contribution in [3.05, 3.63) is 70.8 Å². The van der Waals surface area contributed by atoms with Crippen LogP contribution in [0.3, 0.4) is 0 Å².